The van der Waals surface area contributed by atoms with Crippen molar-refractivity contribution in [1.82, 2.24) is 10.2 Å². The molecule has 4 rings (SSSR count). The van der Waals surface area contributed by atoms with Crippen molar-refractivity contribution in [3.63, 3.8) is 0 Å². The number of hydrogen-bond donors (Lipinski definition) is 3. The Morgan fingerprint density at radius 3 is 2.63 bits per heavy atom. The number of aromatic nitrogens is 2. The molecule has 2 aromatic heterocycles. The second kappa shape index (κ2) is 8.13. The van der Waals surface area contributed by atoms with Gasteiger partial charge in [0.2, 0.25) is 0 Å². The van der Waals surface area contributed by atoms with Crippen LogP contribution in [0.2, 0.25) is 0 Å². The van der Waals surface area contributed by atoms with Crippen molar-refractivity contribution in [1.29, 1.82) is 0 Å². The smallest absolute Gasteiger partial charge is 0.261 e. The van der Waals surface area contributed by atoms with Gasteiger partial charge in [-0.05, 0) is 54.3 Å². The number of benzene rings is 2. The number of amides is 1. The zero-order valence-corrected chi connectivity index (χ0v) is 17.5. The van der Waals surface area contributed by atoms with E-state index in [1.165, 1.54) is 18.2 Å². The topological polar surface area (TPSA) is 104 Å². The van der Waals surface area contributed by atoms with Crippen LogP contribution in [0.1, 0.15) is 15.9 Å². The van der Waals surface area contributed by atoms with Crippen molar-refractivity contribution in [3.05, 3.63) is 83.2 Å². The molecule has 0 saturated heterocycles. The van der Waals surface area contributed by atoms with E-state index in [1.807, 2.05) is 30.5 Å². The molecular weight excluding hydrogens is 420 g/mol. The zero-order chi connectivity index (χ0) is 21.1. The predicted molar refractivity (Wildman–Crippen MR) is 118 cm³/mol. The molecule has 0 bridgehead atoms. The van der Waals surface area contributed by atoms with E-state index < -0.39 is 15.9 Å². The van der Waals surface area contributed by atoms with Crippen LogP contribution in [0.3, 0.4) is 0 Å². The molecule has 9 heteroatoms. The van der Waals surface area contributed by atoms with E-state index in [-0.39, 0.29) is 10.5 Å². The lowest BCUT2D eigenvalue weighted by molar-refractivity contribution is 0.102. The summed E-state index contributed by atoms with van der Waals surface area (Å²) in [4.78, 5) is 13.6. The Labute approximate surface area is 177 Å². The van der Waals surface area contributed by atoms with Crippen molar-refractivity contribution in [3.8, 4) is 10.6 Å². The third kappa shape index (κ3) is 4.42. The summed E-state index contributed by atoms with van der Waals surface area (Å²) < 4.78 is 28.0. The molecule has 0 radical (unpaired) electrons. The Bertz CT molecular complexity index is 1300. The van der Waals surface area contributed by atoms with E-state index in [0.29, 0.717) is 11.5 Å². The molecule has 4 aromatic rings. The number of carbonyl (C=O) groups is 1. The first-order valence-electron chi connectivity index (χ1n) is 9.01. The molecule has 3 N–H and O–H groups in total. The molecule has 0 spiro atoms. The van der Waals surface area contributed by atoms with Gasteiger partial charge in [0.1, 0.15) is 0 Å². The van der Waals surface area contributed by atoms with E-state index in [4.69, 9.17) is 0 Å². The van der Waals surface area contributed by atoms with E-state index in [9.17, 15) is 13.2 Å². The van der Waals surface area contributed by atoms with Gasteiger partial charge in [-0.25, -0.2) is 8.42 Å². The fraction of sp³-hybridized carbons (Fsp3) is 0.0476. The molecule has 0 fully saturated rings. The van der Waals surface area contributed by atoms with Crippen LogP contribution in [0.15, 0.2) is 77.0 Å². The summed E-state index contributed by atoms with van der Waals surface area (Å²) in [5, 5.41) is 11.6. The van der Waals surface area contributed by atoms with Crippen molar-refractivity contribution in [2.24, 2.45) is 0 Å². The fourth-order valence-electron chi connectivity index (χ4n) is 2.86. The van der Waals surface area contributed by atoms with Crippen molar-refractivity contribution in [2.45, 2.75) is 11.8 Å². The molecule has 0 aliphatic rings. The molecule has 1 amide bonds. The quantitative estimate of drug-likeness (QED) is 0.412. The molecular formula is C21H18N4O3S2. The molecule has 2 aromatic carbocycles. The summed E-state index contributed by atoms with van der Waals surface area (Å²) in [5.41, 5.74) is 2.40. The Morgan fingerprint density at radius 2 is 1.87 bits per heavy atom. The number of nitrogens with zero attached hydrogens (tertiary/aromatic N) is 1. The minimum Gasteiger partial charge on any atom is -0.305 e. The first-order valence-corrected chi connectivity index (χ1v) is 11.4. The summed E-state index contributed by atoms with van der Waals surface area (Å²) in [7, 11) is -3.83. The van der Waals surface area contributed by atoms with Crippen LogP contribution in [0, 0.1) is 6.92 Å². The van der Waals surface area contributed by atoms with Crippen molar-refractivity contribution < 1.29 is 13.2 Å². The monoisotopic (exact) mass is 438 g/mol. The molecule has 0 saturated carbocycles. The highest BCUT2D eigenvalue weighted by atomic mass is 32.2. The Kier molecular flexibility index (Phi) is 5.39. The first-order chi connectivity index (χ1) is 14.4. The van der Waals surface area contributed by atoms with E-state index in [2.05, 4.69) is 20.2 Å². The van der Waals surface area contributed by atoms with Crippen LogP contribution in [-0.2, 0) is 10.0 Å². The third-order valence-electron chi connectivity index (χ3n) is 4.28. The van der Waals surface area contributed by atoms with E-state index >= 15 is 0 Å². The zero-order valence-electron chi connectivity index (χ0n) is 15.9. The van der Waals surface area contributed by atoms with Gasteiger partial charge in [-0.1, -0.05) is 24.3 Å². The van der Waals surface area contributed by atoms with Gasteiger partial charge in [-0.15, -0.1) is 11.3 Å². The molecule has 0 unspecified atom stereocenters. The van der Waals surface area contributed by atoms with Crippen LogP contribution < -0.4 is 10.0 Å². The Morgan fingerprint density at radius 1 is 1.03 bits per heavy atom. The molecule has 2 heterocycles. The molecule has 0 atom stereocenters. The van der Waals surface area contributed by atoms with Gasteiger partial charge in [0.25, 0.3) is 15.9 Å². The first kappa shape index (κ1) is 19.9. The summed E-state index contributed by atoms with van der Waals surface area (Å²) >= 11 is 1.55. The minimum absolute atomic E-state index is 0.00189. The average molecular weight is 439 g/mol. The lowest BCUT2D eigenvalue weighted by Crippen LogP contribution is -2.16. The highest BCUT2D eigenvalue weighted by Gasteiger charge is 2.17. The summed E-state index contributed by atoms with van der Waals surface area (Å²) in [5.74, 6) is -0.0959. The molecule has 7 nitrogen and oxygen atoms in total. The number of thiophene rings is 1. The normalized spacial score (nSPS) is 11.2. The highest BCUT2D eigenvalue weighted by molar-refractivity contribution is 7.92. The van der Waals surface area contributed by atoms with E-state index in [0.717, 1.165) is 16.1 Å². The number of aryl methyl sites for hydroxylation is 1. The van der Waals surface area contributed by atoms with Crippen molar-refractivity contribution >= 4 is 38.8 Å². The van der Waals surface area contributed by atoms with Crippen LogP contribution in [0.4, 0.5) is 11.5 Å². The third-order valence-corrected chi connectivity index (χ3v) is 6.57. The maximum absolute atomic E-state index is 12.7. The number of hydrogen-bond acceptors (Lipinski definition) is 5. The lowest BCUT2D eigenvalue weighted by atomic mass is 10.2. The van der Waals surface area contributed by atoms with Gasteiger partial charge in [0, 0.05) is 17.3 Å². The SMILES string of the molecule is Cc1cccc(NS(=O)(=O)c2cccc(C(=O)Nc3cc(-c4cccs4)[nH]n3)c2)c1. The number of H-pyrrole nitrogens is 1. The lowest BCUT2D eigenvalue weighted by Gasteiger charge is -2.10. The van der Waals surface area contributed by atoms with Gasteiger partial charge in [-0.3, -0.25) is 14.6 Å². The Balaban J connectivity index is 1.52. The van der Waals surface area contributed by atoms with Crippen LogP contribution >= 0.6 is 11.3 Å². The fourth-order valence-corrected chi connectivity index (χ4v) is 4.65. The molecule has 0 aliphatic heterocycles. The highest BCUT2D eigenvalue weighted by Crippen LogP contribution is 2.25. The van der Waals surface area contributed by atoms with Gasteiger partial charge in [0.05, 0.1) is 15.5 Å². The maximum Gasteiger partial charge on any atom is 0.261 e. The number of carbonyl (C=O) groups excluding carboxylic acids is 1. The molecule has 0 aliphatic carbocycles. The largest absolute Gasteiger partial charge is 0.305 e. The number of nitrogens with one attached hydrogen (secondary N) is 3. The molecule has 30 heavy (non-hydrogen) atoms. The van der Waals surface area contributed by atoms with Gasteiger partial charge in [-0.2, -0.15) is 5.10 Å². The average Bonchev–Trinajstić information content (AvgIpc) is 3.39. The summed E-state index contributed by atoms with van der Waals surface area (Å²) in [6.45, 7) is 1.88. The minimum atomic E-state index is -3.83. The van der Waals surface area contributed by atoms with Crippen LogP contribution in [0.25, 0.3) is 10.6 Å². The summed E-state index contributed by atoms with van der Waals surface area (Å²) in [6.07, 6.45) is 0. The van der Waals surface area contributed by atoms with Crippen LogP contribution in [-0.4, -0.2) is 24.5 Å². The number of aromatic amines is 1. The van der Waals surface area contributed by atoms with Gasteiger partial charge < -0.3 is 5.32 Å². The maximum atomic E-state index is 12.7. The number of sulfonamides is 1. The second-order valence-electron chi connectivity index (χ2n) is 6.60. The van der Waals surface area contributed by atoms with Crippen LogP contribution in [0.5, 0.6) is 0 Å². The number of rotatable bonds is 6. The summed E-state index contributed by atoms with van der Waals surface area (Å²) in [6, 6.07) is 18.5. The van der Waals surface area contributed by atoms with E-state index in [1.54, 1.807) is 41.7 Å². The standard InChI is InChI=1S/C21H18N4O3S2/c1-14-5-2-7-16(11-14)25-30(27,28)17-8-3-6-15(12-17)21(26)22-20-13-18(23-24-20)19-9-4-10-29-19/h2-13,25H,1H3,(H2,22,23,24,26). The van der Waals surface area contributed by atoms with Crippen molar-refractivity contribution in [2.75, 3.05) is 10.0 Å². The second-order valence-corrected chi connectivity index (χ2v) is 9.23. The van der Waals surface area contributed by atoms with Gasteiger partial charge >= 0.3 is 0 Å². The van der Waals surface area contributed by atoms with Gasteiger partial charge in [0.15, 0.2) is 5.82 Å². The molecule has 152 valence electrons. The Hall–Kier alpha value is -3.43. The number of anilines is 2. The predicted octanol–water partition coefficient (Wildman–Crippen LogP) is 4.50.